The number of nitrogens with zero attached hydrogens (tertiary/aromatic N) is 1. The number of fused-ring (bicyclic) bond motifs is 1. The summed E-state index contributed by atoms with van der Waals surface area (Å²) in [6.45, 7) is 0.703. The Morgan fingerprint density at radius 3 is 2.65 bits per heavy atom. The van der Waals surface area contributed by atoms with E-state index >= 15 is 0 Å². The normalized spacial score (nSPS) is 18.0. The minimum atomic E-state index is -0.497. The molecular weight excluding hydrogens is 356 g/mol. The van der Waals surface area contributed by atoms with Gasteiger partial charge in [0.1, 0.15) is 6.04 Å². The molecule has 2 aliphatic heterocycles. The quantitative estimate of drug-likeness (QED) is 0.897. The Hall–Kier alpha value is -2.73. The van der Waals surface area contributed by atoms with Gasteiger partial charge in [-0.25, -0.2) is 0 Å². The van der Waals surface area contributed by atoms with Crippen LogP contribution in [0.25, 0.3) is 0 Å². The van der Waals surface area contributed by atoms with Crippen molar-refractivity contribution in [2.45, 2.75) is 18.9 Å². The summed E-state index contributed by atoms with van der Waals surface area (Å²) in [5.41, 5.74) is 1.14. The Labute approximate surface area is 155 Å². The Bertz CT molecular complexity index is 853. The van der Waals surface area contributed by atoms with Gasteiger partial charge in [-0.3, -0.25) is 9.59 Å². The van der Waals surface area contributed by atoms with Crippen LogP contribution >= 0.6 is 11.6 Å². The summed E-state index contributed by atoms with van der Waals surface area (Å²) in [5.74, 6) is 0.799. The minimum absolute atomic E-state index is 0.156. The first-order valence-electron chi connectivity index (χ1n) is 8.39. The van der Waals surface area contributed by atoms with Crippen molar-refractivity contribution in [3.05, 3.63) is 53.1 Å². The van der Waals surface area contributed by atoms with Crippen molar-refractivity contribution in [1.82, 2.24) is 4.90 Å². The lowest BCUT2D eigenvalue weighted by molar-refractivity contribution is -0.119. The first kappa shape index (κ1) is 16.7. The summed E-state index contributed by atoms with van der Waals surface area (Å²) in [6.07, 6.45) is 1.42. The molecule has 0 aromatic heterocycles. The molecular formula is C19H17ClN2O4. The van der Waals surface area contributed by atoms with Crippen molar-refractivity contribution in [3.8, 4) is 11.5 Å². The van der Waals surface area contributed by atoms with Gasteiger partial charge in [0.2, 0.25) is 12.7 Å². The number of anilines is 1. The van der Waals surface area contributed by atoms with E-state index in [4.69, 9.17) is 21.1 Å². The lowest BCUT2D eigenvalue weighted by atomic mass is 10.1. The predicted octanol–water partition coefficient (Wildman–Crippen LogP) is 3.31. The molecule has 26 heavy (non-hydrogen) atoms. The number of hydrogen-bond acceptors (Lipinski definition) is 4. The number of amides is 2. The van der Waals surface area contributed by atoms with Gasteiger partial charge >= 0.3 is 0 Å². The molecule has 0 saturated carbocycles. The highest BCUT2D eigenvalue weighted by atomic mass is 35.5. The predicted molar refractivity (Wildman–Crippen MR) is 96.7 cm³/mol. The van der Waals surface area contributed by atoms with Gasteiger partial charge in [0, 0.05) is 22.8 Å². The van der Waals surface area contributed by atoms with E-state index in [1.807, 2.05) is 0 Å². The third kappa shape index (κ3) is 3.20. The van der Waals surface area contributed by atoms with Crippen molar-refractivity contribution in [2.75, 3.05) is 18.7 Å². The van der Waals surface area contributed by atoms with Crippen LogP contribution in [-0.2, 0) is 4.79 Å². The lowest BCUT2D eigenvalue weighted by Gasteiger charge is -2.24. The summed E-state index contributed by atoms with van der Waals surface area (Å²) in [6, 6.07) is 11.5. The fourth-order valence-electron chi connectivity index (χ4n) is 3.24. The van der Waals surface area contributed by atoms with E-state index in [1.54, 1.807) is 47.4 Å². The molecule has 1 saturated heterocycles. The summed E-state index contributed by atoms with van der Waals surface area (Å²) < 4.78 is 10.6. The molecule has 134 valence electrons. The summed E-state index contributed by atoms with van der Waals surface area (Å²) >= 11 is 5.86. The average Bonchev–Trinajstić information content (AvgIpc) is 3.31. The van der Waals surface area contributed by atoms with Crippen LogP contribution < -0.4 is 14.8 Å². The topological polar surface area (TPSA) is 67.9 Å². The van der Waals surface area contributed by atoms with Gasteiger partial charge in [-0.05, 0) is 55.3 Å². The molecule has 0 radical (unpaired) electrons. The Morgan fingerprint density at radius 2 is 1.85 bits per heavy atom. The second kappa shape index (κ2) is 6.88. The lowest BCUT2D eigenvalue weighted by Crippen LogP contribution is -2.43. The summed E-state index contributed by atoms with van der Waals surface area (Å²) in [4.78, 5) is 27.2. The molecule has 0 bridgehead atoms. The number of carbonyl (C=O) groups is 2. The van der Waals surface area contributed by atoms with E-state index in [0.717, 1.165) is 6.42 Å². The van der Waals surface area contributed by atoms with E-state index in [9.17, 15) is 9.59 Å². The number of rotatable bonds is 3. The molecule has 4 rings (SSSR count). The maximum absolute atomic E-state index is 12.9. The Morgan fingerprint density at radius 1 is 1.08 bits per heavy atom. The van der Waals surface area contributed by atoms with Gasteiger partial charge < -0.3 is 19.7 Å². The van der Waals surface area contributed by atoms with E-state index in [-0.39, 0.29) is 18.6 Å². The first-order valence-corrected chi connectivity index (χ1v) is 8.77. The number of ether oxygens (including phenoxy) is 2. The highest BCUT2D eigenvalue weighted by molar-refractivity contribution is 6.30. The molecule has 0 unspecified atom stereocenters. The van der Waals surface area contributed by atoms with Crippen molar-refractivity contribution >= 4 is 29.1 Å². The smallest absolute Gasteiger partial charge is 0.254 e. The van der Waals surface area contributed by atoms with E-state index in [2.05, 4.69) is 5.32 Å². The molecule has 2 aliphatic rings. The van der Waals surface area contributed by atoms with Crippen LogP contribution in [0.5, 0.6) is 11.5 Å². The van der Waals surface area contributed by atoms with Crippen LogP contribution in [0.1, 0.15) is 23.2 Å². The third-order valence-electron chi connectivity index (χ3n) is 4.55. The van der Waals surface area contributed by atoms with E-state index in [1.165, 1.54) is 0 Å². The largest absolute Gasteiger partial charge is 0.454 e. The molecule has 2 aromatic carbocycles. The molecule has 2 heterocycles. The van der Waals surface area contributed by atoms with Crippen LogP contribution in [0.15, 0.2) is 42.5 Å². The van der Waals surface area contributed by atoms with Gasteiger partial charge in [0.15, 0.2) is 11.5 Å². The maximum Gasteiger partial charge on any atom is 0.254 e. The zero-order valence-corrected chi connectivity index (χ0v) is 14.7. The second-order valence-electron chi connectivity index (χ2n) is 6.22. The fourth-order valence-corrected chi connectivity index (χ4v) is 3.36. The number of halogens is 1. The molecule has 7 heteroatoms. The van der Waals surface area contributed by atoms with Crippen molar-refractivity contribution in [3.63, 3.8) is 0 Å². The van der Waals surface area contributed by atoms with Gasteiger partial charge in [-0.2, -0.15) is 0 Å². The number of hydrogen-bond donors (Lipinski definition) is 1. The van der Waals surface area contributed by atoms with Gasteiger partial charge in [0.05, 0.1) is 0 Å². The molecule has 2 aromatic rings. The molecule has 6 nitrogen and oxygen atoms in total. The molecule has 2 amide bonds. The fraction of sp³-hybridized carbons (Fsp3) is 0.263. The minimum Gasteiger partial charge on any atom is -0.454 e. The Kier molecular flexibility index (Phi) is 4.42. The van der Waals surface area contributed by atoms with Crippen molar-refractivity contribution in [2.24, 2.45) is 0 Å². The highest BCUT2D eigenvalue weighted by Crippen LogP contribution is 2.33. The average molecular weight is 373 g/mol. The van der Waals surface area contributed by atoms with E-state index < -0.39 is 6.04 Å². The number of nitrogens with one attached hydrogen (secondary N) is 1. The zero-order chi connectivity index (χ0) is 18.1. The first-order chi connectivity index (χ1) is 12.6. The zero-order valence-electron chi connectivity index (χ0n) is 13.9. The molecule has 0 aliphatic carbocycles. The third-order valence-corrected chi connectivity index (χ3v) is 4.80. The van der Waals surface area contributed by atoms with Crippen LogP contribution in [0, 0.1) is 0 Å². The standard InChI is InChI=1S/C19H17ClN2O4/c20-13-4-6-14(7-5-13)21-18(23)15-2-1-9-22(15)19(24)12-3-8-16-17(10-12)26-11-25-16/h3-8,10,15H,1-2,9,11H2,(H,21,23)/t15-/m1/s1. The number of benzene rings is 2. The monoisotopic (exact) mass is 372 g/mol. The van der Waals surface area contributed by atoms with Crippen molar-refractivity contribution < 1.29 is 19.1 Å². The SMILES string of the molecule is O=C(Nc1ccc(Cl)cc1)[C@H]1CCCN1C(=O)c1ccc2c(c1)OCO2. The van der Waals surface area contributed by atoms with E-state index in [0.29, 0.717) is 40.7 Å². The number of carbonyl (C=O) groups excluding carboxylic acids is 2. The van der Waals surface area contributed by atoms with Crippen molar-refractivity contribution in [1.29, 1.82) is 0 Å². The second-order valence-corrected chi connectivity index (χ2v) is 6.66. The highest BCUT2D eigenvalue weighted by Gasteiger charge is 2.35. The van der Waals surface area contributed by atoms with Crippen LogP contribution in [0.3, 0.4) is 0 Å². The molecule has 1 N–H and O–H groups in total. The molecule has 1 fully saturated rings. The maximum atomic E-state index is 12.9. The molecule has 0 spiro atoms. The van der Waals surface area contributed by atoms with Gasteiger partial charge in [0.25, 0.3) is 5.91 Å². The molecule has 1 atom stereocenters. The Balaban J connectivity index is 1.49. The summed E-state index contributed by atoms with van der Waals surface area (Å²) in [5, 5.41) is 3.45. The summed E-state index contributed by atoms with van der Waals surface area (Å²) in [7, 11) is 0. The van der Waals surface area contributed by atoms with Crippen LogP contribution in [0.4, 0.5) is 5.69 Å². The van der Waals surface area contributed by atoms with Gasteiger partial charge in [-0.15, -0.1) is 0 Å². The van der Waals surface area contributed by atoms with Crippen LogP contribution in [0.2, 0.25) is 5.02 Å². The van der Waals surface area contributed by atoms with Crippen LogP contribution in [-0.4, -0.2) is 36.1 Å². The van der Waals surface area contributed by atoms with Gasteiger partial charge in [-0.1, -0.05) is 11.6 Å². The number of likely N-dealkylation sites (tertiary alicyclic amines) is 1.